The molecule has 1 heterocycles. The first-order chi connectivity index (χ1) is 19.9. The zero-order valence-electron chi connectivity index (χ0n) is 23.5. The van der Waals surface area contributed by atoms with E-state index in [2.05, 4.69) is 5.32 Å². The fraction of sp³-hybridized carbons (Fsp3) is 0.294. The van der Waals surface area contributed by atoms with E-state index in [-0.39, 0.29) is 11.7 Å². The van der Waals surface area contributed by atoms with Crippen molar-refractivity contribution in [1.29, 1.82) is 0 Å². The van der Waals surface area contributed by atoms with Gasteiger partial charge in [-0.25, -0.2) is 4.79 Å². The van der Waals surface area contributed by atoms with Crippen molar-refractivity contribution in [2.24, 2.45) is 0 Å². The van der Waals surface area contributed by atoms with E-state index in [4.69, 9.17) is 25.8 Å². The molecule has 2 aliphatic rings. The van der Waals surface area contributed by atoms with E-state index < -0.39 is 11.9 Å². The van der Waals surface area contributed by atoms with Crippen LogP contribution in [0.3, 0.4) is 0 Å². The van der Waals surface area contributed by atoms with Crippen molar-refractivity contribution in [2.45, 2.75) is 51.6 Å². The molecule has 1 N–H and O–H groups in total. The number of benzene rings is 3. The first kappa shape index (κ1) is 28.5. The maximum Gasteiger partial charge on any atom is 0.336 e. The van der Waals surface area contributed by atoms with E-state index in [0.29, 0.717) is 65.8 Å². The molecule has 0 spiro atoms. The monoisotopic (exact) mass is 571 g/mol. The molecule has 41 heavy (non-hydrogen) atoms. The largest absolute Gasteiger partial charge is 0.493 e. The summed E-state index contributed by atoms with van der Waals surface area (Å²) in [5.74, 6) is 0.102. The minimum absolute atomic E-state index is 0.000336. The number of hydrogen-bond donors (Lipinski definition) is 1. The van der Waals surface area contributed by atoms with Crippen molar-refractivity contribution in [3.8, 4) is 11.5 Å². The zero-order chi connectivity index (χ0) is 28.9. The quantitative estimate of drug-likeness (QED) is 0.273. The second-order valence-electron chi connectivity index (χ2n) is 10.4. The first-order valence-electron chi connectivity index (χ1n) is 13.9. The molecule has 0 unspecified atom stereocenters. The van der Waals surface area contributed by atoms with Crippen molar-refractivity contribution >= 4 is 23.4 Å². The Hall–Kier alpha value is -4.03. The number of esters is 1. The summed E-state index contributed by atoms with van der Waals surface area (Å²) in [6.07, 6.45) is 1.68. The molecule has 0 fully saturated rings. The van der Waals surface area contributed by atoms with E-state index in [1.54, 1.807) is 7.11 Å². The second kappa shape index (κ2) is 12.6. The highest BCUT2D eigenvalue weighted by molar-refractivity contribution is 6.30. The van der Waals surface area contributed by atoms with Gasteiger partial charge in [0.1, 0.15) is 6.61 Å². The molecule has 0 aromatic heterocycles. The lowest BCUT2D eigenvalue weighted by Gasteiger charge is -2.37. The van der Waals surface area contributed by atoms with E-state index in [9.17, 15) is 9.59 Å². The van der Waals surface area contributed by atoms with Crippen LogP contribution < -0.4 is 14.8 Å². The molecular weight excluding hydrogens is 538 g/mol. The highest BCUT2D eigenvalue weighted by Gasteiger charge is 2.41. The summed E-state index contributed by atoms with van der Waals surface area (Å²) in [6.45, 7) is 4.50. The number of Topliss-reactive ketones (excluding diaryl/α,β-unsaturated/α-hetero) is 1. The summed E-state index contributed by atoms with van der Waals surface area (Å²) in [4.78, 5) is 27.3. The second-order valence-corrected chi connectivity index (χ2v) is 10.8. The molecule has 0 amide bonds. The molecular formula is C34H34ClNO5. The Bertz CT molecular complexity index is 1490. The van der Waals surface area contributed by atoms with Gasteiger partial charge in [0.05, 0.1) is 19.3 Å². The van der Waals surface area contributed by atoms with Gasteiger partial charge in [0.2, 0.25) is 0 Å². The molecule has 212 valence electrons. The van der Waals surface area contributed by atoms with E-state index in [1.807, 2.05) is 86.6 Å². The Kier molecular flexibility index (Phi) is 8.79. The third-order valence-electron chi connectivity index (χ3n) is 7.58. The van der Waals surface area contributed by atoms with Crippen LogP contribution in [-0.2, 0) is 20.9 Å². The van der Waals surface area contributed by atoms with Crippen molar-refractivity contribution in [3.05, 3.63) is 117 Å². The van der Waals surface area contributed by atoms with E-state index >= 15 is 0 Å². The first-order valence-corrected chi connectivity index (χ1v) is 14.3. The maximum absolute atomic E-state index is 13.9. The smallest absolute Gasteiger partial charge is 0.336 e. The maximum atomic E-state index is 13.9. The van der Waals surface area contributed by atoms with Gasteiger partial charge in [-0.1, -0.05) is 67.1 Å². The van der Waals surface area contributed by atoms with Gasteiger partial charge < -0.3 is 19.5 Å². The summed E-state index contributed by atoms with van der Waals surface area (Å²) >= 11 is 6.11. The topological polar surface area (TPSA) is 73.9 Å². The van der Waals surface area contributed by atoms with Gasteiger partial charge in [0.25, 0.3) is 0 Å². The minimum Gasteiger partial charge on any atom is -0.493 e. The Morgan fingerprint density at radius 1 is 0.976 bits per heavy atom. The minimum atomic E-state index is -0.591. The highest BCUT2D eigenvalue weighted by atomic mass is 35.5. The molecule has 0 bridgehead atoms. The van der Waals surface area contributed by atoms with Crippen LogP contribution in [0.1, 0.15) is 61.6 Å². The van der Waals surface area contributed by atoms with Crippen molar-refractivity contribution < 1.29 is 23.8 Å². The molecule has 6 nitrogen and oxygen atoms in total. The summed E-state index contributed by atoms with van der Waals surface area (Å²) in [7, 11) is 1.58. The molecule has 2 atom stereocenters. The highest BCUT2D eigenvalue weighted by Crippen LogP contribution is 2.47. The molecule has 1 aliphatic carbocycles. The predicted octanol–water partition coefficient (Wildman–Crippen LogP) is 7.24. The normalized spacial score (nSPS) is 18.5. The van der Waals surface area contributed by atoms with Crippen LogP contribution in [0.15, 0.2) is 95.3 Å². The van der Waals surface area contributed by atoms with Gasteiger partial charge in [-0.15, -0.1) is 0 Å². The van der Waals surface area contributed by atoms with Gasteiger partial charge in [-0.2, -0.15) is 0 Å². The number of halogens is 1. The average molecular weight is 572 g/mol. The third kappa shape index (κ3) is 6.18. The van der Waals surface area contributed by atoms with E-state index in [1.165, 1.54) is 0 Å². The molecule has 5 rings (SSSR count). The number of nitrogens with one attached hydrogen (secondary N) is 1. The number of carbonyl (C=O) groups is 2. The predicted molar refractivity (Wildman–Crippen MR) is 159 cm³/mol. The molecule has 0 saturated carbocycles. The van der Waals surface area contributed by atoms with Crippen molar-refractivity contribution in [2.75, 3.05) is 13.7 Å². The summed E-state index contributed by atoms with van der Waals surface area (Å²) in [5.41, 5.74) is 5.42. The SMILES string of the molecule is CCCOC(=O)C1=C(C)NC2=C(C(=O)C[C@@H](c3ccc(Cl)cc3)C2)[C@H]1c1ccc(OCc2ccccc2)c(OC)c1. The van der Waals surface area contributed by atoms with Crippen molar-refractivity contribution in [3.63, 3.8) is 0 Å². The zero-order valence-corrected chi connectivity index (χ0v) is 24.3. The molecule has 3 aromatic rings. The molecule has 1 aliphatic heterocycles. The Labute approximate surface area is 246 Å². The van der Waals surface area contributed by atoms with Crippen LogP contribution >= 0.6 is 11.6 Å². The van der Waals surface area contributed by atoms with Crippen molar-refractivity contribution in [1.82, 2.24) is 5.32 Å². The molecule has 0 radical (unpaired) electrons. The van der Waals surface area contributed by atoms with Crippen LogP contribution in [0.5, 0.6) is 11.5 Å². The van der Waals surface area contributed by atoms with Gasteiger partial charge in [0.15, 0.2) is 17.3 Å². The van der Waals surface area contributed by atoms with E-state index in [0.717, 1.165) is 22.4 Å². The fourth-order valence-electron chi connectivity index (χ4n) is 5.60. The number of ether oxygens (including phenoxy) is 3. The number of allylic oxidation sites excluding steroid dienone is 3. The van der Waals surface area contributed by atoms with Crippen LogP contribution in [0.25, 0.3) is 0 Å². The Balaban J connectivity index is 1.52. The van der Waals surface area contributed by atoms with Crippen LogP contribution in [0.4, 0.5) is 0 Å². The molecule has 7 heteroatoms. The standard InChI is InChI=1S/C34H34ClNO5/c1-4-16-40-34(38)31-21(2)36-27-17-25(23-10-13-26(35)14-11-23)18-28(37)33(27)32(31)24-12-15-29(30(19-24)39-3)41-20-22-8-6-5-7-9-22/h5-15,19,25,32,36H,4,16-18,20H2,1-3H3/t25-,32-/m0/s1. The summed E-state index contributed by atoms with van der Waals surface area (Å²) in [6, 6.07) is 23.1. The van der Waals surface area contributed by atoms with Crippen LogP contribution in [0, 0.1) is 0 Å². The van der Waals surface area contributed by atoms with Gasteiger partial charge >= 0.3 is 5.97 Å². The lowest BCUT2D eigenvalue weighted by Crippen LogP contribution is -2.36. The van der Waals surface area contributed by atoms with Gasteiger partial charge in [-0.3, -0.25) is 4.79 Å². The van der Waals surface area contributed by atoms with Gasteiger partial charge in [0, 0.05) is 34.3 Å². The Morgan fingerprint density at radius 3 is 2.41 bits per heavy atom. The summed E-state index contributed by atoms with van der Waals surface area (Å²) in [5, 5.41) is 4.06. The fourth-order valence-corrected chi connectivity index (χ4v) is 5.73. The molecule has 0 saturated heterocycles. The number of hydrogen-bond acceptors (Lipinski definition) is 6. The van der Waals surface area contributed by atoms with Crippen LogP contribution in [0.2, 0.25) is 5.02 Å². The Morgan fingerprint density at radius 2 is 1.71 bits per heavy atom. The number of dihydropyridines is 1. The number of ketones is 1. The summed E-state index contributed by atoms with van der Waals surface area (Å²) < 4.78 is 17.4. The third-order valence-corrected chi connectivity index (χ3v) is 7.84. The average Bonchev–Trinajstić information content (AvgIpc) is 2.98. The number of rotatable bonds is 9. The number of methoxy groups -OCH3 is 1. The lowest BCUT2D eigenvalue weighted by atomic mass is 9.71. The number of carbonyl (C=O) groups excluding carboxylic acids is 2. The molecule has 3 aromatic carbocycles. The van der Waals surface area contributed by atoms with Crippen LogP contribution in [-0.4, -0.2) is 25.5 Å². The lowest BCUT2D eigenvalue weighted by molar-refractivity contribution is -0.139. The van der Waals surface area contributed by atoms with Gasteiger partial charge in [-0.05, 0) is 66.6 Å².